The zero-order valence-corrected chi connectivity index (χ0v) is 15.1. The van der Waals surface area contributed by atoms with Crippen LogP contribution >= 0.6 is 0 Å². The third-order valence-corrected chi connectivity index (χ3v) is 6.62. The third kappa shape index (κ3) is 2.82. The van der Waals surface area contributed by atoms with Gasteiger partial charge in [-0.1, -0.05) is 12.1 Å². The number of sulfonamides is 1. The van der Waals surface area contributed by atoms with Gasteiger partial charge in [0.1, 0.15) is 0 Å². The quantitative estimate of drug-likeness (QED) is 0.802. The number of pyridine rings is 1. The molecule has 1 aromatic heterocycles. The van der Waals surface area contributed by atoms with Crippen LogP contribution in [0.2, 0.25) is 0 Å². The van der Waals surface area contributed by atoms with Crippen LogP contribution in [-0.2, 0) is 19.6 Å². The average molecular weight is 378 g/mol. The van der Waals surface area contributed by atoms with E-state index >= 15 is 0 Å². The molecule has 26 heavy (non-hydrogen) atoms. The highest BCUT2D eigenvalue weighted by Gasteiger charge is 2.45. The van der Waals surface area contributed by atoms with Crippen molar-refractivity contribution in [1.82, 2.24) is 9.29 Å². The number of methoxy groups -OCH3 is 1. The van der Waals surface area contributed by atoms with E-state index in [0.717, 1.165) is 0 Å². The molecule has 2 heterocycles. The summed E-state index contributed by atoms with van der Waals surface area (Å²) < 4.78 is 32.1. The molecule has 0 spiro atoms. The van der Waals surface area contributed by atoms with Gasteiger partial charge in [0, 0.05) is 30.1 Å². The minimum atomic E-state index is -3.93. The fourth-order valence-corrected chi connectivity index (χ4v) is 4.87. The fraction of sp³-hybridized carbons (Fsp3) is 0.353. The average Bonchev–Trinajstić information content (AvgIpc) is 3.04. The number of esters is 1. The minimum Gasteiger partial charge on any atom is -0.481 e. The van der Waals surface area contributed by atoms with Crippen molar-refractivity contribution >= 4 is 32.7 Å². The molecular formula is C17H18N2O6S. The highest BCUT2D eigenvalue weighted by molar-refractivity contribution is 7.89. The van der Waals surface area contributed by atoms with Crippen LogP contribution in [0.3, 0.4) is 0 Å². The summed E-state index contributed by atoms with van der Waals surface area (Å²) in [6.45, 7) is 1.56. The van der Waals surface area contributed by atoms with Gasteiger partial charge in [0.25, 0.3) is 0 Å². The maximum absolute atomic E-state index is 13.1. The lowest BCUT2D eigenvalue weighted by atomic mass is 9.90. The summed E-state index contributed by atoms with van der Waals surface area (Å²) in [5, 5.41) is 10.0. The lowest BCUT2D eigenvalue weighted by molar-refractivity contribution is -0.146. The number of nitrogens with zero attached hydrogens (tertiary/aromatic N) is 2. The molecule has 2 aromatic rings. The number of hydrogen-bond acceptors (Lipinski definition) is 6. The number of ether oxygens (including phenoxy) is 1. The lowest BCUT2D eigenvalue weighted by Gasteiger charge is -2.21. The third-order valence-electron chi connectivity index (χ3n) is 4.72. The Morgan fingerprint density at radius 3 is 2.62 bits per heavy atom. The molecule has 1 aromatic carbocycles. The summed E-state index contributed by atoms with van der Waals surface area (Å²) in [7, 11) is -2.71. The van der Waals surface area contributed by atoms with Crippen LogP contribution in [0.15, 0.2) is 35.4 Å². The molecule has 1 N–H and O–H groups in total. The van der Waals surface area contributed by atoms with Gasteiger partial charge in [0.15, 0.2) is 5.69 Å². The maximum atomic E-state index is 13.1. The maximum Gasteiger partial charge on any atom is 0.357 e. The normalized spacial score (nSPS) is 21.0. The molecule has 0 bridgehead atoms. The molecule has 1 aliphatic rings. The van der Waals surface area contributed by atoms with E-state index in [2.05, 4.69) is 4.98 Å². The summed E-state index contributed by atoms with van der Waals surface area (Å²) in [5.41, 5.74) is -1.09. The van der Waals surface area contributed by atoms with Crippen molar-refractivity contribution in [1.29, 1.82) is 0 Å². The number of aliphatic carboxylic acids is 1. The number of carboxylic acids is 1. The Balaban J connectivity index is 2.11. The van der Waals surface area contributed by atoms with Crippen molar-refractivity contribution < 1.29 is 27.9 Å². The van der Waals surface area contributed by atoms with Crippen molar-refractivity contribution in [3.05, 3.63) is 36.2 Å². The lowest BCUT2D eigenvalue weighted by Crippen LogP contribution is -2.35. The van der Waals surface area contributed by atoms with Gasteiger partial charge in [-0.25, -0.2) is 18.2 Å². The Bertz CT molecular complexity index is 1000. The number of aromatic nitrogens is 1. The Kier molecular flexibility index (Phi) is 4.45. The summed E-state index contributed by atoms with van der Waals surface area (Å²) in [5.74, 6) is -1.69. The zero-order chi connectivity index (χ0) is 19.1. The van der Waals surface area contributed by atoms with E-state index in [4.69, 9.17) is 4.74 Å². The molecule has 1 atom stereocenters. The van der Waals surface area contributed by atoms with Gasteiger partial charge >= 0.3 is 11.9 Å². The molecule has 9 heteroatoms. The standard InChI is InChI=1S/C17H18N2O6S/c1-17(16(21)22)7-9-19(10-17)26(23,24)13-5-3-4-12-11(13)6-8-18-14(12)15(20)25-2/h3-6,8H,7,9-10H2,1-2H3,(H,21,22). The van der Waals surface area contributed by atoms with E-state index in [1.165, 1.54) is 42.7 Å². The van der Waals surface area contributed by atoms with Crippen LogP contribution in [0.1, 0.15) is 23.8 Å². The Labute approximate surface area is 150 Å². The van der Waals surface area contributed by atoms with Gasteiger partial charge in [0.05, 0.1) is 17.4 Å². The molecule has 0 amide bonds. The first kappa shape index (κ1) is 18.3. The predicted octanol–water partition coefficient (Wildman–Crippen LogP) is 1.51. The molecule has 1 saturated heterocycles. The second-order valence-electron chi connectivity index (χ2n) is 6.46. The van der Waals surface area contributed by atoms with Crippen molar-refractivity contribution in [2.24, 2.45) is 5.41 Å². The van der Waals surface area contributed by atoms with Crippen LogP contribution in [0.5, 0.6) is 0 Å². The number of carbonyl (C=O) groups excluding carboxylic acids is 1. The van der Waals surface area contributed by atoms with Crippen molar-refractivity contribution in [2.45, 2.75) is 18.2 Å². The number of benzene rings is 1. The number of rotatable bonds is 4. The summed E-state index contributed by atoms with van der Waals surface area (Å²) in [6.07, 6.45) is 1.58. The summed E-state index contributed by atoms with van der Waals surface area (Å²) in [4.78, 5) is 27.3. The van der Waals surface area contributed by atoms with E-state index in [0.29, 0.717) is 10.8 Å². The van der Waals surface area contributed by atoms with E-state index in [9.17, 15) is 23.1 Å². The first-order valence-corrected chi connectivity index (χ1v) is 9.34. The van der Waals surface area contributed by atoms with E-state index in [1.54, 1.807) is 6.07 Å². The van der Waals surface area contributed by atoms with E-state index in [-0.39, 0.29) is 30.1 Å². The first-order valence-electron chi connectivity index (χ1n) is 7.90. The number of carboxylic acid groups (broad SMARTS) is 1. The van der Waals surface area contributed by atoms with Gasteiger partial charge < -0.3 is 9.84 Å². The predicted molar refractivity (Wildman–Crippen MR) is 92.2 cm³/mol. The monoisotopic (exact) mass is 378 g/mol. The Morgan fingerprint density at radius 2 is 2.00 bits per heavy atom. The van der Waals surface area contributed by atoms with E-state index < -0.39 is 27.4 Å². The molecule has 1 fully saturated rings. The Morgan fingerprint density at radius 1 is 1.27 bits per heavy atom. The number of hydrogen-bond donors (Lipinski definition) is 1. The molecule has 1 aliphatic heterocycles. The van der Waals surface area contributed by atoms with Crippen LogP contribution in [0.4, 0.5) is 0 Å². The van der Waals surface area contributed by atoms with Gasteiger partial charge in [-0.2, -0.15) is 4.31 Å². The molecule has 138 valence electrons. The van der Waals surface area contributed by atoms with Gasteiger partial charge in [-0.15, -0.1) is 0 Å². The minimum absolute atomic E-state index is 0.0113. The largest absolute Gasteiger partial charge is 0.481 e. The highest BCUT2D eigenvalue weighted by Crippen LogP contribution is 2.35. The zero-order valence-electron chi connectivity index (χ0n) is 14.3. The molecule has 0 saturated carbocycles. The number of fused-ring (bicyclic) bond motifs is 1. The topological polar surface area (TPSA) is 114 Å². The van der Waals surface area contributed by atoms with Crippen LogP contribution in [0.25, 0.3) is 10.8 Å². The Hall–Kier alpha value is -2.52. The molecule has 0 radical (unpaired) electrons. The second kappa shape index (κ2) is 6.33. The van der Waals surface area contributed by atoms with Gasteiger partial charge in [-0.05, 0) is 25.5 Å². The molecular weight excluding hydrogens is 360 g/mol. The summed E-state index contributed by atoms with van der Waals surface area (Å²) >= 11 is 0. The van der Waals surface area contributed by atoms with Gasteiger partial charge in [0.2, 0.25) is 10.0 Å². The molecule has 3 rings (SSSR count). The highest BCUT2D eigenvalue weighted by atomic mass is 32.2. The molecule has 8 nitrogen and oxygen atoms in total. The SMILES string of the molecule is COC(=O)c1nccc2c(S(=O)(=O)N3CCC(C)(C(=O)O)C3)cccc12. The molecule has 0 aliphatic carbocycles. The van der Waals surface area contributed by atoms with Gasteiger partial charge in [-0.3, -0.25) is 4.79 Å². The van der Waals surface area contributed by atoms with Crippen LogP contribution in [-0.4, -0.2) is 55.0 Å². The van der Waals surface area contributed by atoms with Crippen molar-refractivity contribution in [3.63, 3.8) is 0 Å². The summed E-state index contributed by atoms with van der Waals surface area (Å²) in [6, 6.07) is 6.07. The second-order valence-corrected chi connectivity index (χ2v) is 8.36. The van der Waals surface area contributed by atoms with Crippen molar-refractivity contribution in [2.75, 3.05) is 20.2 Å². The van der Waals surface area contributed by atoms with Crippen molar-refractivity contribution in [3.8, 4) is 0 Å². The van der Waals surface area contributed by atoms with Crippen LogP contribution < -0.4 is 0 Å². The first-order chi connectivity index (χ1) is 12.2. The smallest absolute Gasteiger partial charge is 0.357 e. The van der Waals surface area contributed by atoms with Crippen LogP contribution in [0, 0.1) is 5.41 Å². The molecule has 1 unspecified atom stereocenters. The fourth-order valence-electron chi connectivity index (χ4n) is 3.10. The number of carbonyl (C=O) groups is 2. The van der Waals surface area contributed by atoms with E-state index in [1.807, 2.05) is 0 Å².